The fraction of sp³-hybridized carbons (Fsp3) is 0.167. The van der Waals surface area contributed by atoms with E-state index in [9.17, 15) is 9.59 Å². The van der Waals surface area contributed by atoms with Crippen molar-refractivity contribution >= 4 is 34.8 Å². The van der Waals surface area contributed by atoms with Crippen LogP contribution in [0.25, 0.3) is 0 Å². The maximum absolute atomic E-state index is 11.5. The van der Waals surface area contributed by atoms with Crippen LogP contribution >= 0.6 is 22.9 Å². The van der Waals surface area contributed by atoms with Crippen molar-refractivity contribution in [1.29, 1.82) is 0 Å². The Balaban J connectivity index is 1.71. The summed E-state index contributed by atoms with van der Waals surface area (Å²) in [4.78, 5) is 24.0. The molecule has 0 radical (unpaired) electrons. The first-order chi connectivity index (χ1) is 9.15. The molecule has 0 aliphatic rings. The number of rotatable bonds is 5. The highest BCUT2D eigenvalue weighted by atomic mass is 35.5. The molecule has 2 amide bonds. The molecule has 0 aromatic carbocycles. The lowest BCUT2D eigenvalue weighted by atomic mass is 10.3. The first kappa shape index (κ1) is 13.6. The lowest BCUT2D eigenvalue weighted by molar-refractivity contribution is -0.120. The summed E-state index contributed by atoms with van der Waals surface area (Å²) < 4.78 is 5.46. The Bertz CT molecular complexity index is 565. The minimum absolute atomic E-state index is 0.0802. The molecule has 5 nitrogen and oxygen atoms in total. The third-order valence-electron chi connectivity index (χ3n) is 2.28. The number of furan rings is 1. The summed E-state index contributed by atoms with van der Waals surface area (Å²) in [6, 6.07) is 5.15. The van der Waals surface area contributed by atoms with Crippen LogP contribution in [0, 0.1) is 0 Å². The molecule has 0 spiro atoms. The SMILES string of the molecule is O=C(CNC(=O)c1ccoc1)NCc1ccc(Cl)s1. The molecule has 0 bridgehead atoms. The Kier molecular flexibility index (Phi) is 4.59. The molecular weight excluding hydrogens is 288 g/mol. The van der Waals surface area contributed by atoms with Crippen LogP contribution in [0.5, 0.6) is 0 Å². The number of carbonyl (C=O) groups excluding carboxylic acids is 2. The molecule has 100 valence electrons. The van der Waals surface area contributed by atoms with Crippen molar-refractivity contribution in [1.82, 2.24) is 10.6 Å². The molecule has 2 rings (SSSR count). The summed E-state index contributed by atoms with van der Waals surface area (Å²) in [5.74, 6) is -0.607. The smallest absolute Gasteiger partial charge is 0.254 e. The zero-order chi connectivity index (χ0) is 13.7. The van der Waals surface area contributed by atoms with Gasteiger partial charge in [-0.1, -0.05) is 11.6 Å². The molecule has 0 aliphatic heterocycles. The fourth-order valence-corrected chi connectivity index (χ4v) is 2.38. The molecule has 7 heteroatoms. The van der Waals surface area contributed by atoms with Crippen LogP contribution < -0.4 is 10.6 Å². The van der Waals surface area contributed by atoms with E-state index in [2.05, 4.69) is 10.6 Å². The van der Waals surface area contributed by atoms with Gasteiger partial charge in [0.15, 0.2) is 0 Å². The third kappa shape index (κ3) is 4.11. The van der Waals surface area contributed by atoms with Gasteiger partial charge in [-0.2, -0.15) is 0 Å². The van der Waals surface area contributed by atoms with Gasteiger partial charge in [-0.25, -0.2) is 0 Å². The van der Waals surface area contributed by atoms with Gasteiger partial charge in [-0.15, -0.1) is 11.3 Å². The Labute approximate surface area is 118 Å². The van der Waals surface area contributed by atoms with Gasteiger partial charge in [0.05, 0.1) is 29.3 Å². The number of amides is 2. The number of carbonyl (C=O) groups is 2. The van der Waals surface area contributed by atoms with E-state index in [0.717, 1.165) is 4.88 Å². The van der Waals surface area contributed by atoms with Crippen molar-refractivity contribution in [3.05, 3.63) is 45.5 Å². The molecule has 2 heterocycles. The van der Waals surface area contributed by atoms with Gasteiger partial charge in [0.25, 0.3) is 5.91 Å². The maximum Gasteiger partial charge on any atom is 0.254 e. The van der Waals surface area contributed by atoms with E-state index in [4.69, 9.17) is 16.0 Å². The van der Waals surface area contributed by atoms with Gasteiger partial charge in [0, 0.05) is 4.88 Å². The molecule has 0 aliphatic carbocycles. The quantitative estimate of drug-likeness (QED) is 0.887. The van der Waals surface area contributed by atoms with E-state index in [1.165, 1.54) is 29.9 Å². The largest absolute Gasteiger partial charge is 0.472 e. The van der Waals surface area contributed by atoms with Gasteiger partial charge in [0.2, 0.25) is 5.91 Å². The Morgan fingerprint density at radius 2 is 2.11 bits per heavy atom. The van der Waals surface area contributed by atoms with Crippen LogP contribution in [-0.2, 0) is 11.3 Å². The molecule has 2 aromatic rings. The van der Waals surface area contributed by atoms with E-state index >= 15 is 0 Å². The van der Waals surface area contributed by atoms with E-state index in [1.54, 1.807) is 6.07 Å². The zero-order valence-electron chi connectivity index (χ0n) is 9.81. The Morgan fingerprint density at radius 1 is 1.26 bits per heavy atom. The van der Waals surface area contributed by atoms with Gasteiger partial charge in [-0.3, -0.25) is 9.59 Å². The summed E-state index contributed by atoms with van der Waals surface area (Å²) in [5, 5.41) is 5.18. The zero-order valence-corrected chi connectivity index (χ0v) is 11.4. The van der Waals surface area contributed by atoms with Gasteiger partial charge >= 0.3 is 0 Å². The van der Waals surface area contributed by atoms with E-state index in [0.29, 0.717) is 16.4 Å². The molecule has 2 N–H and O–H groups in total. The van der Waals surface area contributed by atoms with Gasteiger partial charge in [-0.05, 0) is 18.2 Å². The minimum Gasteiger partial charge on any atom is -0.472 e. The fourth-order valence-electron chi connectivity index (χ4n) is 1.35. The molecule has 0 saturated heterocycles. The maximum atomic E-state index is 11.5. The van der Waals surface area contributed by atoms with Crippen molar-refractivity contribution in [3.63, 3.8) is 0 Å². The molecule has 0 unspecified atom stereocenters. The third-order valence-corrected chi connectivity index (χ3v) is 3.51. The first-order valence-electron chi connectivity index (χ1n) is 5.46. The standard InChI is InChI=1S/C12H11ClN2O3S/c13-10-2-1-9(19-10)5-14-11(16)6-15-12(17)8-3-4-18-7-8/h1-4,7H,5-6H2,(H,14,16)(H,15,17). The number of nitrogens with one attached hydrogen (secondary N) is 2. The lowest BCUT2D eigenvalue weighted by Crippen LogP contribution is -2.36. The number of halogens is 1. The highest BCUT2D eigenvalue weighted by Crippen LogP contribution is 2.20. The van der Waals surface area contributed by atoms with E-state index < -0.39 is 0 Å². The number of thiophene rings is 1. The van der Waals surface area contributed by atoms with Crippen LogP contribution in [-0.4, -0.2) is 18.4 Å². The van der Waals surface area contributed by atoms with Crippen molar-refractivity contribution in [2.24, 2.45) is 0 Å². The van der Waals surface area contributed by atoms with E-state index in [-0.39, 0.29) is 18.4 Å². The van der Waals surface area contributed by atoms with Crippen LogP contribution in [0.15, 0.2) is 35.1 Å². The van der Waals surface area contributed by atoms with Gasteiger partial charge in [0.1, 0.15) is 6.26 Å². The average Bonchev–Trinajstić information content (AvgIpc) is 3.04. The molecule has 0 saturated carbocycles. The van der Waals surface area contributed by atoms with E-state index in [1.807, 2.05) is 6.07 Å². The predicted molar refractivity (Wildman–Crippen MR) is 72.2 cm³/mol. The van der Waals surface area contributed by atoms with Crippen molar-refractivity contribution in [2.45, 2.75) is 6.54 Å². The molecule has 0 fully saturated rings. The predicted octanol–water partition coefficient (Wildman–Crippen LogP) is 2.04. The number of hydrogen-bond donors (Lipinski definition) is 2. The van der Waals surface area contributed by atoms with Crippen LogP contribution in [0.2, 0.25) is 4.34 Å². The van der Waals surface area contributed by atoms with Gasteiger partial charge < -0.3 is 15.1 Å². The lowest BCUT2D eigenvalue weighted by Gasteiger charge is -2.04. The highest BCUT2D eigenvalue weighted by Gasteiger charge is 2.09. The van der Waals surface area contributed by atoms with Crippen molar-refractivity contribution in [3.8, 4) is 0 Å². The Hall–Kier alpha value is -1.79. The van der Waals surface area contributed by atoms with Crippen LogP contribution in [0.1, 0.15) is 15.2 Å². The monoisotopic (exact) mass is 298 g/mol. The average molecular weight is 299 g/mol. The van der Waals surface area contributed by atoms with Crippen LogP contribution in [0.3, 0.4) is 0 Å². The molecule has 19 heavy (non-hydrogen) atoms. The minimum atomic E-state index is -0.344. The second-order valence-electron chi connectivity index (χ2n) is 3.68. The van der Waals surface area contributed by atoms with Crippen molar-refractivity contribution < 1.29 is 14.0 Å². The van der Waals surface area contributed by atoms with Crippen LogP contribution in [0.4, 0.5) is 0 Å². The summed E-state index contributed by atoms with van der Waals surface area (Å²) in [6.07, 6.45) is 2.72. The first-order valence-corrected chi connectivity index (χ1v) is 6.66. The molecule has 0 atom stereocenters. The van der Waals surface area contributed by atoms with Crippen molar-refractivity contribution in [2.75, 3.05) is 6.54 Å². The second-order valence-corrected chi connectivity index (χ2v) is 5.48. The normalized spacial score (nSPS) is 10.2. The summed E-state index contributed by atoms with van der Waals surface area (Å²) in [6.45, 7) is 0.320. The summed E-state index contributed by atoms with van der Waals surface area (Å²) in [7, 11) is 0. The number of hydrogen-bond acceptors (Lipinski definition) is 4. The summed E-state index contributed by atoms with van der Waals surface area (Å²) >= 11 is 7.18. The summed E-state index contributed by atoms with van der Waals surface area (Å²) in [5.41, 5.74) is 0.387. The molecule has 2 aromatic heterocycles. The Morgan fingerprint density at radius 3 is 2.74 bits per heavy atom. The second kappa shape index (κ2) is 6.40. The topological polar surface area (TPSA) is 71.3 Å². The molecular formula is C12H11ClN2O3S. The highest BCUT2D eigenvalue weighted by molar-refractivity contribution is 7.16.